The van der Waals surface area contributed by atoms with Gasteiger partial charge in [0.25, 0.3) is 0 Å². The van der Waals surface area contributed by atoms with Gasteiger partial charge in [-0.25, -0.2) is 9.98 Å². The van der Waals surface area contributed by atoms with Gasteiger partial charge in [0, 0.05) is 36.1 Å². The molecule has 0 aliphatic heterocycles. The fraction of sp³-hybridized carbons (Fsp3) is 0.350. The van der Waals surface area contributed by atoms with Crippen molar-refractivity contribution < 1.29 is 9.59 Å². The molecule has 28 heavy (non-hydrogen) atoms. The largest absolute Gasteiger partial charge is 0.370 e. The van der Waals surface area contributed by atoms with E-state index in [0.29, 0.717) is 35.3 Å². The van der Waals surface area contributed by atoms with Crippen molar-refractivity contribution in [3.63, 3.8) is 0 Å². The number of Topliss-reactive ketones (excluding diaryl/α,β-unsaturated/α-hetero) is 1. The molecule has 3 rings (SSSR count). The first-order chi connectivity index (χ1) is 13.3. The van der Waals surface area contributed by atoms with Crippen molar-refractivity contribution >= 4 is 41.2 Å². The second-order valence-corrected chi connectivity index (χ2v) is 7.76. The van der Waals surface area contributed by atoms with Crippen LogP contribution >= 0.6 is 11.8 Å². The summed E-state index contributed by atoms with van der Waals surface area (Å²) in [5.41, 5.74) is 9.04. The number of nitrogens with one attached hydrogen (secondary N) is 1. The van der Waals surface area contributed by atoms with E-state index in [2.05, 4.69) is 16.0 Å². The molecule has 1 aliphatic carbocycles. The van der Waals surface area contributed by atoms with Gasteiger partial charge in [-0.2, -0.15) is 0 Å². The van der Waals surface area contributed by atoms with Gasteiger partial charge >= 0.3 is 0 Å². The van der Waals surface area contributed by atoms with Gasteiger partial charge in [0.2, 0.25) is 5.91 Å². The molecular formula is C20H23N5O2S. The van der Waals surface area contributed by atoms with Gasteiger partial charge in [0.15, 0.2) is 16.8 Å². The van der Waals surface area contributed by atoms with Crippen LogP contribution in [0, 0.1) is 12.3 Å². The van der Waals surface area contributed by atoms with Crippen LogP contribution in [0.4, 0.5) is 5.82 Å². The highest BCUT2D eigenvalue weighted by Gasteiger charge is 2.23. The first-order valence-electron chi connectivity index (χ1n) is 9.09. The number of nitrogens with two attached hydrogens (primary N) is 1. The molecule has 0 radical (unpaired) electrons. The summed E-state index contributed by atoms with van der Waals surface area (Å²) in [7, 11) is 0. The number of aliphatic imine (C=N–C) groups is 1. The quantitative estimate of drug-likeness (QED) is 0.696. The number of amides is 1. The summed E-state index contributed by atoms with van der Waals surface area (Å²) in [6, 6.07) is 3.99. The Morgan fingerprint density at radius 3 is 2.82 bits per heavy atom. The van der Waals surface area contributed by atoms with E-state index < -0.39 is 5.91 Å². The van der Waals surface area contributed by atoms with Crippen LogP contribution in [0.3, 0.4) is 0 Å². The summed E-state index contributed by atoms with van der Waals surface area (Å²) >= 11 is 1.42. The Balaban J connectivity index is 2.07. The number of hydrogen-bond acceptors (Lipinski definition) is 6. The van der Waals surface area contributed by atoms with E-state index in [4.69, 9.17) is 11.1 Å². The van der Waals surface area contributed by atoms with Crippen LogP contribution in [0.2, 0.25) is 0 Å². The highest BCUT2D eigenvalue weighted by Crippen LogP contribution is 2.37. The van der Waals surface area contributed by atoms with Crippen molar-refractivity contribution in [2.24, 2.45) is 10.7 Å². The molecule has 2 aromatic rings. The lowest BCUT2D eigenvalue weighted by Gasteiger charge is -2.11. The van der Waals surface area contributed by atoms with Crippen LogP contribution in [0.1, 0.15) is 53.9 Å². The van der Waals surface area contributed by atoms with Gasteiger partial charge in [-0.15, -0.1) is 0 Å². The van der Waals surface area contributed by atoms with E-state index in [-0.39, 0.29) is 12.2 Å². The highest BCUT2D eigenvalue weighted by atomic mass is 32.2. The summed E-state index contributed by atoms with van der Waals surface area (Å²) in [4.78, 5) is 33.4. The predicted octanol–water partition coefficient (Wildman–Crippen LogP) is 3.46. The van der Waals surface area contributed by atoms with E-state index in [0.717, 1.165) is 28.0 Å². The molecule has 0 unspecified atom stereocenters. The van der Waals surface area contributed by atoms with E-state index in [1.54, 1.807) is 20.1 Å². The Morgan fingerprint density at radius 1 is 1.43 bits per heavy atom. The third-order valence-corrected chi connectivity index (χ3v) is 5.77. The van der Waals surface area contributed by atoms with Crippen molar-refractivity contribution in [3.05, 3.63) is 34.5 Å². The number of carbonyl (C=O) groups excluding carboxylic acids is 2. The summed E-state index contributed by atoms with van der Waals surface area (Å²) in [6.07, 6.45) is 3.13. The number of nitrogens with zero attached hydrogens (tertiary/aromatic N) is 3. The molecule has 0 saturated heterocycles. The van der Waals surface area contributed by atoms with E-state index >= 15 is 0 Å². The number of primary amides is 1. The third-order valence-electron chi connectivity index (χ3n) is 4.62. The van der Waals surface area contributed by atoms with E-state index in [1.165, 1.54) is 11.8 Å². The lowest BCUT2D eigenvalue weighted by atomic mass is 10.1. The van der Waals surface area contributed by atoms with Gasteiger partial charge in [-0.1, -0.05) is 17.8 Å². The fourth-order valence-corrected chi connectivity index (χ4v) is 4.25. The smallest absolute Gasteiger partial charge is 0.219 e. The highest BCUT2D eigenvalue weighted by molar-refractivity contribution is 7.99. The minimum Gasteiger partial charge on any atom is -0.370 e. The lowest BCUT2D eigenvalue weighted by molar-refractivity contribution is -0.118. The van der Waals surface area contributed by atoms with E-state index in [1.807, 2.05) is 17.6 Å². The molecule has 0 bridgehead atoms. The van der Waals surface area contributed by atoms with Crippen molar-refractivity contribution in [1.29, 1.82) is 5.41 Å². The molecule has 1 aromatic heterocycles. The summed E-state index contributed by atoms with van der Waals surface area (Å²) in [5.74, 6) is 0.290. The Kier molecular flexibility index (Phi) is 5.79. The van der Waals surface area contributed by atoms with Gasteiger partial charge in [0.05, 0.1) is 5.71 Å². The minimum atomic E-state index is -0.413. The van der Waals surface area contributed by atoms with Crippen LogP contribution < -0.4 is 5.73 Å². The molecule has 0 saturated carbocycles. The fourth-order valence-electron chi connectivity index (χ4n) is 3.24. The van der Waals surface area contributed by atoms with Crippen molar-refractivity contribution in [2.45, 2.75) is 56.6 Å². The molecule has 1 aromatic carbocycles. The first kappa shape index (κ1) is 20.0. The number of benzene rings is 1. The topological polar surface area (TPSA) is 114 Å². The Bertz CT molecular complexity index is 1010. The van der Waals surface area contributed by atoms with Gasteiger partial charge in [-0.3, -0.25) is 9.59 Å². The van der Waals surface area contributed by atoms with Crippen LogP contribution in [-0.2, 0) is 17.8 Å². The number of carbonyl (C=O) groups is 2. The number of rotatable bonds is 7. The molecule has 7 nitrogen and oxygen atoms in total. The number of aromatic nitrogens is 2. The van der Waals surface area contributed by atoms with Crippen LogP contribution in [0.15, 0.2) is 27.2 Å². The number of aryl methyl sites for hydroxylation is 2. The summed E-state index contributed by atoms with van der Waals surface area (Å²) in [6.45, 7) is 5.78. The molecule has 8 heteroatoms. The molecule has 1 amide bonds. The molecular weight excluding hydrogens is 374 g/mol. The zero-order valence-corrected chi connectivity index (χ0v) is 17.0. The van der Waals surface area contributed by atoms with Crippen LogP contribution in [-0.4, -0.2) is 33.2 Å². The normalized spacial score (nSPS) is 13.3. The Labute approximate surface area is 168 Å². The minimum absolute atomic E-state index is 0.147. The number of fused-ring (bicyclic) bond motifs is 1. The third kappa shape index (κ3) is 3.91. The summed E-state index contributed by atoms with van der Waals surface area (Å²) in [5, 5.41) is 8.66. The molecule has 0 fully saturated rings. The second kappa shape index (κ2) is 8.10. The molecule has 1 heterocycles. The zero-order valence-electron chi connectivity index (χ0n) is 16.2. The van der Waals surface area contributed by atoms with E-state index in [9.17, 15) is 9.59 Å². The average molecular weight is 398 g/mol. The average Bonchev–Trinajstić information content (AvgIpc) is 3.15. The maximum Gasteiger partial charge on any atom is 0.219 e. The van der Waals surface area contributed by atoms with Gasteiger partial charge < -0.3 is 15.7 Å². The lowest BCUT2D eigenvalue weighted by Crippen LogP contribution is -2.14. The summed E-state index contributed by atoms with van der Waals surface area (Å²) < 4.78 is 1.82. The van der Waals surface area contributed by atoms with Crippen molar-refractivity contribution in [2.75, 3.05) is 0 Å². The first-order valence-corrected chi connectivity index (χ1v) is 9.91. The predicted molar refractivity (Wildman–Crippen MR) is 110 cm³/mol. The standard InChI is InChI=1S/C20H23N5O2S/c1-4-23-19-18(12(3)21)24-20(25(19)8-7-17(22)27)28-16-10-14-13(9-11(16)2)5-6-15(14)26/h4,9-10,21H,5-8H2,1-3H3,(H2,22,27). The number of hydrogen-bond donors (Lipinski definition) is 2. The number of ketones is 1. The van der Waals surface area contributed by atoms with Gasteiger partial charge in [0.1, 0.15) is 5.69 Å². The zero-order chi connectivity index (χ0) is 20.4. The monoisotopic (exact) mass is 397 g/mol. The molecule has 1 aliphatic rings. The van der Waals surface area contributed by atoms with Crippen LogP contribution in [0.5, 0.6) is 0 Å². The Hall–Kier alpha value is -2.74. The van der Waals surface area contributed by atoms with Gasteiger partial charge in [-0.05, 0) is 44.4 Å². The maximum atomic E-state index is 12.1. The van der Waals surface area contributed by atoms with Crippen molar-refractivity contribution in [1.82, 2.24) is 9.55 Å². The van der Waals surface area contributed by atoms with Crippen molar-refractivity contribution in [3.8, 4) is 0 Å². The van der Waals surface area contributed by atoms with Crippen LogP contribution in [0.25, 0.3) is 0 Å². The molecule has 0 atom stereocenters. The SMILES string of the molecule is CC=Nc1c(C(C)=N)nc(Sc2cc3c(cc2C)CCC3=O)n1CCC(N)=O. The second-order valence-electron chi connectivity index (χ2n) is 6.75. The maximum absolute atomic E-state index is 12.1. The molecule has 146 valence electrons. The Morgan fingerprint density at radius 2 is 2.18 bits per heavy atom. The molecule has 0 spiro atoms. The number of imidazole rings is 1. The molecule has 3 N–H and O–H groups in total.